The highest BCUT2D eigenvalue weighted by Gasteiger charge is 2.30. The van der Waals surface area contributed by atoms with Gasteiger partial charge in [0, 0.05) is 33.2 Å². The lowest BCUT2D eigenvalue weighted by Gasteiger charge is -2.34. The molecule has 31 heavy (non-hydrogen) atoms. The van der Waals surface area contributed by atoms with Crippen molar-refractivity contribution in [1.29, 1.82) is 5.26 Å². The number of aryl methyl sites for hydroxylation is 1. The third-order valence-electron chi connectivity index (χ3n) is 5.56. The second kappa shape index (κ2) is 8.02. The Hall–Kier alpha value is -3.42. The standard InChI is InChI=1S/C21H21N5O4S/c1-23-18-4-2-3-5-19(18)26(21(23)28)15-20(27)24-10-12-25(13-11-24)31(29,30)17-8-6-16(14-22)7-9-17/h2-9H,10-13,15H2,1H3. The zero-order valence-electron chi connectivity index (χ0n) is 16.9. The SMILES string of the molecule is Cn1c(=O)n(CC(=O)N2CCN(S(=O)(=O)c3ccc(C#N)cc3)CC2)c2ccccc21. The number of aromatic nitrogens is 2. The van der Waals surface area contributed by atoms with Crippen LogP contribution in [-0.2, 0) is 28.4 Å². The number of hydrogen-bond donors (Lipinski definition) is 0. The van der Waals surface area contributed by atoms with E-state index in [1.807, 2.05) is 24.3 Å². The van der Waals surface area contributed by atoms with E-state index >= 15 is 0 Å². The van der Waals surface area contributed by atoms with Crippen LogP contribution >= 0.6 is 0 Å². The molecule has 1 amide bonds. The second-order valence-corrected chi connectivity index (χ2v) is 9.28. The first-order valence-electron chi connectivity index (χ1n) is 9.75. The Morgan fingerprint density at radius 1 is 1.00 bits per heavy atom. The molecule has 1 aromatic heterocycles. The summed E-state index contributed by atoms with van der Waals surface area (Å²) >= 11 is 0. The van der Waals surface area contributed by atoms with Crippen molar-refractivity contribution in [3.8, 4) is 6.07 Å². The van der Waals surface area contributed by atoms with Crippen LogP contribution in [0.15, 0.2) is 58.2 Å². The summed E-state index contributed by atoms with van der Waals surface area (Å²) in [5.74, 6) is -0.228. The molecule has 10 heteroatoms. The van der Waals surface area contributed by atoms with Gasteiger partial charge in [0.15, 0.2) is 0 Å². The van der Waals surface area contributed by atoms with Gasteiger partial charge in [0.25, 0.3) is 0 Å². The Labute approximate surface area is 179 Å². The minimum Gasteiger partial charge on any atom is -0.338 e. The van der Waals surface area contributed by atoms with Crippen LogP contribution in [-0.4, -0.2) is 58.8 Å². The van der Waals surface area contributed by atoms with Gasteiger partial charge in [-0.3, -0.25) is 13.9 Å². The number of carbonyl (C=O) groups is 1. The second-order valence-electron chi connectivity index (χ2n) is 7.34. The number of amides is 1. The lowest BCUT2D eigenvalue weighted by atomic mass is 10.2. The fourth-order valence-corrected chi connectivity index (χ4v) is 5.20. The number of para-hydroxylation sites is 2. The summed E-state index contributed by atoms with van der Waals surface area (Å²) in [6.45, 7) is 0.724. The summed E-state index contributed by atoms with van der Waals surface area (Å²) in [5, 5.41) is 8.87. The van der Waals surface area contributed by atoms with Crippen molar-refractivity contribution in [2.45, 2.75) is 11.4 Å². The zero-order chi connectivity index (χ0) is 22.2. The molecule has 2 heterocycles. The number of imidazole rings is 1. The van der Waals surface area contributed by atoms with E-state index in [1.165, 1.54) is 37.7 Å². The monoisotopic (exact) mass is 439 g/mol. The van der Waals surface area contributed by atoms with Crippen molar-refractivity contribution in [3.63, 3.8) is 0 Å². The number of sulfonamides is 1. The maximum Gasteiger partial charge on any atom is 0.329 e. The first-order chi connectivity index (χ1) is 14.8. The molecule has 0 atom stereocenters. The lowest BCUT2D eigenvalue weighted by molar-refractivity contribution is -0.133. The van der Waals surface area contributed by atoms with Gasteiger partial charge < -0.3 is 4.90 Å². The predicted molar refractivity (Wildman–Crippen MR) is 114 cm³/mol. The minimum absolute atomic E-state index is 0.0947. The van der Waals surface area contributed by atoms with E-state index in [0.717, 1.165) is 5.52 Å². The summed E-state index contributed by atoms with van der Waals surface area (Å²) < 4.78 is 30.0. The fourth-order valence-electron chi connectivity index (χ4n) is 3.78. The van der Waals surface area contributed by atoms with Crippen LogP contribution < -0.4 is 5.69 Å². The average molecular weight is 439 g/mol. The Bertz CT molecular complexity index is 1340. The molecule has 0 N–H and O–H groups in total. The molecule has 160 valence electrons. The molecule has 0 aliphatic carbocycles. The van der Waals surface area contributed by atoms with Gasteiger partial charge in [-0.25, -0.2) is 13.2 Å². The Morgan fingerprint density at radius 3 is 2.23 bits per heavy atom. The molecular formula is C21H21N5O4S. The molecule has 1 aliphatic heterocycles. The van der Waals surface area contributed by atoms with Crippen molar-refractivity contribution in [2.24, 2.45) is 7.05 Å². The van der Waals surface area contributed by atoms with Gasteiger partial charge in [-0.1, -0.05) is 12.1 Å². The molecule has 0 unspecified atom stereocenters. The number of nitriles is 1. The largest absolute Gasteiger partial charge is 0.338 e. The molecule has 9 nitrogen and oxygen atoms in total. The van der Waals surface area contributed by atoms with Crippen molar-refractivity contribution < 1.29 is 13.2 Å². The Balaban J connectivity index is 1.45. The van der Waals surface area contributed by atoms with Crippen molar-refractivity contribution in [1.82, 2.24) is 18.3 Å². The summed E-state index contributed by atoms with van der Waals surface area (Å²) in [5.41, 5.74) is 1.55. The van der Waals surface area contributed by atoms with Gasteiger partial charge in [0.1, 0.15) is 6.54 Å². The molecule has 1 fully saturated rings. The number of piperazine rings is 1. The Morgan fingerprint density at radius 2 is 1.61 bits per heavy atom. The fraction of sp³-hybridized carbons (Fsp3) is 0.286. The molecule has 1 aliphatic rings. The number of rotatable bonds is 4. The van der Waals surface area contributed by atoms with Gasteiger partial charge in [-0.15, -0.1) is 0 Å². The van der Waals surface area contributed by atoms with Crippen LogP contribution in [0.1, 0.15) is 5.56 Å². The third kappa shape index (κ3) is 3.73. The molecule has 4 rings (SSSR count). The zero-order valence-corrected chi connectivity index (χ0v) is 17.7. The molecule has 1 saturated heterocycles. The number of hydrogen-bond acceptors (Lipinski definition) is 5. The topological polar surface area (TPSA) is 108 Å². The van der Waals surface area contributed by atoms with Crippen molar-refractivity contribution in [2.75, 3.05) is 26.2 Å². The van der Waals surface area contributed by atoms with Gasteiger partial charge in [-0.05, 0) is 36.4 Å². The van der Waals surface area contributed by atoms with Gasteiger partial charge in [-0.2, -0.15) is 9.57 Å². The number of carbonyl (C=O) groups excluding carboxylic acids is 1. The van der Waals surface area contributed by atoms with Crippen LogP contribution in [0.4, 0.5) is 0 Å². The van der Waals surface area contributed by atoms with Crippen LogP contribution in [0.5, 0.6) is 0 Å². The summed E-state index contributed by atoms with van der Waals surface area (Å²) in [4.78, 5) is 27.1. The number of benzene rings is 2. The maximum absolute atomic E-state index is 12.8. The minimum atomic E-state index is -3.70. The summed E-state index contributed by atoms with van der Waals surface area (Å²) in [6.07, 6.45) is 0. The highest BCUT2D eigenvalue weighted by atomic mass is 32.2. The van der Waals surface area contributed by atoms with Gasteiger partial charge in [0.2, 0.25) is 15.9 Å². The Kier molecular flexibility index (Phi) is 5.39. The first kappa shape index (κ1) is 20.8. The van der Waals surface area contributed by atoms with E-state index < -0.39 is 10.0 Å². The van der Waals surface area contributed by atoms with Gasteiger partial charge in [0.05, 0.1) is 27.6 Å². The van der Waals surface area contributed by atoms with E-state index in [4.69, 9.17) is 5.26 Å². The van der Waals surface area contributed by atoms with E-state index in [2.05, 4.69) is 0 Å². The molecule has 0 bridgehead atoms. The van der Waals surface area contributed by atoms with E-state index in [1.54, 1.807) is 18.0 Å². The van der Waals surface area contributed by atoms with E-state index in [9.17, 15) is 18.0 Å². The third-order valence-corrected chi connectivity index (χ3v) is 7.47. The number of nitrogens with zero attached hydrogens (tertiary/aromatic N) is 5. The highest BCUT2D eigenvalue weighted by Crippen LogP contribution is 2.19. The van der Waals surface area contributed by atoms with Crippen LogP contribution in [0.25, 0.3) is 11.0 Å². The van der Waals surface area contributed by atoms with Crippen LogP contribution in [0.3, 0.4) is 0 Å². The first-order valence-corrected chi connectivity index (χ1v) is 11.2. The van der Waals surface area contributed by atoms with E-state index in [0.29, 0.717) is 11.1 Å². The quantitative estimate of drug-likeness (QED) is 0.596. The normalized spacial score (nSPS) is 15.2. The maximum atomic E-state index is 12.8. The summed E-state index contributed by atoms with van der Waals surface area (Å²) in [7, 11) is -2.03. The molecular weight excluding hydrogens is 418 g/mol. The molecule has 0 radical (unpaired) electrons. The lowest BCUT2D eigenvalue weighted by Crippen LogP contribution is -2.51. The predicted octanol–water partition coefficient (Wildman–Crippen LogP) is 0.745. The molecule has 0 spiro atoms. The number of fused-ring (bicyclic) bond motifs is 1. The molecule has 3 aromatic rings. The van der Waals surface area contributed by atoms with Crippen LogP contribution in [0.2, 0.25) is 0 Å². The van der Waals surface area contributed by atoms with Crippen molar-refractivity contribution >= 4 is 27.0 Å². The van der Waals surface area contributed by atoms with Gasteiger partial charge >= 0.3 is 5.69 Å². The molecule has 0 saturated carbocycles. The average Bonchev–Trinajstić information content (AvgIpc) is 3.04. The molecule has 2 aromatic carbocycles. The summed E-state index contributed by atoms with van der Waals surface area (Å²) in [6, 6.07) is 15.0. The van der Waals surface area contributed by atoms with Crippen molar-refractivity contribution in [3.05, 3.63) is 64.6 Å². The highest BCUT2D eigenvalue weighted by molar-refractivity contribution is 7.89. The van der Waals surface area contributed by atoms with E-state index in [-0.39, 0.29) is 49.2 Å². The smallest absolute Gasteiger partial charge is 0.329 e. The van der Waals surface area contributed by atoms with Crippen LogP contribution in [0, 0.1) is 11.3 Å².